The second-order valence-electron chi connectivity index (χ2n) is 6.76. The molecule has 0 saturated carbocycles. The number of piperazine rings is 1. The van der Waals surface area contributed by atoms with Crippen LogP contribution in [-0.4, -0.2) is 47.8 Å². The van der Waals surface area contributed by atoms with Crippen molar-refractivity contribution in [3.05, 3.63) is 64.7 Å². The number of hydrogen-bond acceptors (Lipinski definition) is 3. The van der Waals surface area contributed by atoms with Gasteiger partial charge in [-0.05, 0) is 35.7 Å². The first kappa shape index (κ1) is 19.2. The summed E-state index contributed by atoms with van der Waals surface area (Å²) in [5, 5.41) is 0.663. The summed E-state index contributed by atoms with van der Waals surface area (Å²) < 4.78 is 0. The Labute approximate surface area is 164 Å². The van der Waals surface area contributed by atoms with E-state index in [-0.39, 0.29) is 11.8 Å². The average molecular weight is 386 g/mol. The van der Waals surface area contributed by atoms with Crippen LogP contribution in [0.2, 0.25) is 5.02 Å². The number of aryl methyl sites for hydroxylation is 1. The number of anilines is 1. The minimum absolute atomic E-state index is 0.0847. The minimum atomic E-state index is 0.0847. The first-order valence-corrected chi connectivity index (χ1v) is 9.54. The van der Waals surface area contributed by atoms with Crippen LogP contribution in [0.4, 0.5) is 5.69 Å². The van der Waals surface area contributed by atoms with Crippen molar-refractivity contribution >= 4 is 29.1 Å². The molecular weight excluding hydrogens is 362 g/mol. The number of hydrogen-bond donors (Lipinski definition) is 1. The van der Waals surface area contributed by atoms with Gasteiger partial charge in [-0.25, -0.2) is 0 Å². The van der Waals surface area contributed by atoms with Crippen molar-refractivity contribution in [3.8, 4) is 0 Å². The Balaban J connectivity index is 1.45. The zero-order valence-corrected chi connectivity index (χ0v) is 16.0. The Kier molecular flexibility index (Phi) is 6.35. The molecule has 3 rings (SSSR count). The molecule has 27 heavy (non-hydrogen) atoms. The standard InChI is InChI=1S/C21H24ClN3O2/c22-18-8-5-16(6-9-18)15-21(27)25-13-11-24(12-14-25)20(26)10-7-17-3-1-2-4-19(17)23/h1-6,8-9H,7,10-15,23H2. The molecule has 6 heteroatoms. The van der Waals surface area contributed by atoms with Gasteiger partial charge in [0.15, 0.2) is 0 Å². The Bertz CT molecular complexity index is 799. The van der Waals surface area contributed by atoms with Gasteiger partial charge in [-0.2, -0.15) is 0 Å². The number of nitrogens with two attached hydrogens (primary N) is 1. The number of benzene rings is 2. The summed E-state index contributed by atoms with van der Waals surface area (Å²) in [7, 11) is 0. The first-order valence-electron chi connectivity index (χ1n) is 9.16. The molecule has 0 bridgehead atoms. The minimum Gasteiger partial charge on any atom is -0.399 e. The van der Waals surface area contributed by atoms with E-state index >= 15 is 0 Å². The average Bonchev–Trinajstić information content (AvgIpc) is 2.69. The fourth-order valence-corrected chi connectivity index (χ4v) is 3.38. The van der Waals surface area contributed by atoms with Gasteiger partial charge < -0.3 is 15.5 Å². The third kappa shape index (κ3) is 5.23. The van der Waals surface area contributed by atoms with Crippen molar-refractivity contribution in [2.75, 3.05) is 31.9 Å². The topological polar surface area (TPSA) is 66.6 Å². The molecule has 0 atom stereocenters. The summed E-state index contributed by atoms with van der Waals surface area (Å²) in [6.45, 7) is 2.31. The lowest BCUT2D eigenvalue weighted by Crippen LogP contribution is -2.51. The van der Waals surface area contributed by atoms with Gasteiger partial charge in [0.1, 0.15) is 0 Å². The van der Waals surface area contributed by atoms with Crippen LogP contribution < -0.4 is 5.73 Å². The number of carbonyl (C=O) groups is 2. The van der Waals surface area contributed by atoms with Crippen LogP contribution >= 0.6 is 11.6 Å². The summed E-state index contributed by atoms with van der Waals surface area (Å²) in [5.74, 6) is 0.199. The normalized spacial score (nSPS) is 14.3. The highest BCUT2D eigenvalue weighted by atomic mass is 35.5. The zero-order chi connectivity index (χ0) is 19.2. The highest BCUT2D eigenvalue weighted by molar-refractivity contribution is 6.30. The fraction of sp³-hybridized carbons (Fsp3) is 0.333. The lowest BCUT2D eigenvalue weighted by molar-refractivity contribution is -0.139. The molecule has 0 aliphatic carbocycles. The number of nitrogen functional groups attached to an aromatic ring is 1. The van der Waals surface area contributed by atoms with Gasteiger partial charge in [-0.15, -0.1) is 0 Å². The van der Waals surface area contributed by atoms with Gasteiger partial charge in [-0.3, -0.25) is 9.59 Å². The second-order valence-corrected chi connectivity index (χ2v) is 7.20. The number of halogens is 1. The van der Waals surface area contributed by atoms with Crippen LogP contribution in [0, 0.1) is 0 Å². The molecule has 2 aromatic rings. The molecule has 0 aromatic heterocycles. The van der Waals surface area contributed by atoms with E-state index in [1.807, 2.05) is 46.2 Å². The number of carbonyl (C=O) groups excluding carboxylic acids is 2. The maximum absolute atomic E-state index is 12.5. The Morgan fingerprint density at radius 3 is 2.11 bits per heavy atom. The van der Waals surface area contributed by atoms with E-state index in [0.717, 1.165) is 16.8 Å². The van der Waals surface area contributed by atoms with Gasteiger partial charge in [0.2, 0.25) is 11.8 Å². The predicted molar refractivity (Wildman–Crippen MR) is 107 cm³/mol. The van der Waals surface area contributed by atoms with Gasteiger partial charge >= 0.3 is 0 Å². The van der Waals surface area contributed by atoms with Gasteiger partial charge in [0.05, 0.1) is 6.42 Å². The number of nitrogens with zero attached hydrogens (tertiary/aromatic N) is 2. The Morgan fingerprint density at radius 1 is 0.889 bits per heavy atom. The van der Waals surface area contributed by atoms with Crippen molar-refractivity contribution in [2.24, 2.45) is 0 Å². The molecule has 1 aliphatic heterocycles. The highest BCUT2D eigenvalue weighted by Gasteiger charge is 2.24. The van der Waals surface area contributed by atoms with Crippen molar-refractivity contribution in [1.82, 2.24) is 9.80 Å². The molecule has 1 saturated heterocycles. The lowest BCUT2D eigenvalue weighted by Gasteiger charge is -2.35. The molecule has 5 nitrogen and oxygen atoms in total. The van der Waals surface area contributed by atoms with Gasteiger partial charge in [-0.1, -0.05) is 41.9 Å². The maximum atomic E-state index is 12.5. The van der Waals surface area contributed by atoms with E-state index in [9.17, 15) is 9.59 Å². The summed E-state index contributed by atoms with van der Waals surface area (Å²) in [6, 6.07) is 15.0. The molecule has 0 radical (unpaired) electrons. The van der Waals surface area contributed by atoms with Crippen LogP contribution in [0.25, 0.3) is 0 Å². The zero-order valence-electron chi connectivity index (χ0n) is 15.2. The van der Waals surface area contributed by atoms with Crippen LogP contribution in [0.1, 0.15) is 17.5 Å². The highest BCUT2D eigenvalue weighted by Crippen LogP contribution is 2.15. The predicted octanol–water partition coefficient (Wildman–Crippen LogP) is 2.77. The SMILES string of the molecule is Nc1ccccc1CCC(=O)N1CCN(C(=O)Cc2ccc(Cl)cc2)CC1. The summed E-state index contributed by atoms with van der Waals surface area (Å²) in [4.78, 5) is 28.6. The molecular formula is C21H24ClN3O2. The molecule has 0 unspecified atom stereocenters. The van der Waals surface area contributed by atoms with E-state index < -0.39 is 0 Å². The molecule has 142 valence electrons. The van der Waals surface area contributed by atoms with E-state index in [0.29, 0.717) is 50.5 Å². The van der Waals surface area contributed by atoms with E-state index in [4.69, 9.17) is 17.3 Å². The van der Waals surface area contributed by atoms with Crippen LogP contribution in [-0.2, 0) is 22.4 Å². The quantitative estimate of drug-likeness (QED) is 0.805. The smallest absolute Gasteiger partial charge is 0.227 e. The van der Waals surface area contributed by atoms with Crippen molar-refractivity contribution in [2.45, 2.75) is 19.3 Å². The molecule has 1 fully saturated rings. The van der Waals surface area contributed by atoms with Crippen molar-refractivity contribution in [3.63, 3.8) is 0 Å². The fourth-order valence-electron chi connectivity index (χ4n) is 3.26. The molecule has 1 heterocycles. The van der Waals surface area contributed by atoms with Crippen LogP contribution in [0.5, 0.6) is 0 Å². The Morgan fingerprint density at radius 2 is 1.48 bits per heavy atom. The van der Waals surface area contributed by atoms with Crippen LogP contribution in [0.3, 0.4) is 0 Å². The molecule has 2 N–H and O–H groups in total. The lowest BCUT2D eigenvalue weighted by atomic mass is 10.1. The summed E-state index contributed by atoms with van der Waals surface area (Å²) >= 11 is 5.88. The summed E-state index contributed by atoms with van der Waals surface area (Å²) in [5.41, 5.74) is 8.61. The van der Waals surface area contributed by atoms with Crippen molar-refractivity contribution < 1.29 is 9.59 Å². The third-order valence-corrected chi connectivity index (χ3v) is 5.17. The molecule has 1 aliphatic rings. The molecule has 0 spiro atoms. The molecule has 2 aromatic carbocycles. The van der Waals surface area contributed by atoms with Crippen molar-refractivity contribution in [1.29, 1.82) is 0 Å². The number of rotatable bonds is 5. The van der Waals surface area contributed by atoms with E-state index in [1.54, 1.807) is 12.1 Å². The summed E-state index contributed by atoms with van der Waals surface area (Å²) in [6.07, 6.45) is 1.44. The molecule has 2 amide bonds. The largest absolute Gasteiger partial charge is 0.399 e. The Hall–Kier alpha value is -2.53. The van der Waals surface area contributed by atoms with E-state index in [1.165, 1.54) is 0 Å². The van der Waals surface area contributed by atoms with Gasteiger partial charge in [0.25, 0.3) is 0 Å². The van der Waals surface area contributed by atoms with Crippen LogP contribution in [0.15, 0.2) is 48.5 Å². The third-order valence-electron chi connectivity index (χ3n) is 4.92. The van der Waals surface area contributed by atoms with E-state index in [2.05, 4.69) is 0 Å². The number of amides is 2. The first-order chi connectivity index (χ1) is 13.0. The maximum Gasteiger partial charge on any atom is 0.227 e. The number of para-hydroxylation sites is 1. The van der Waals surface area contributed by atoms with Gasteiger partial charge in [0, 0.05) is 43.3 Å². The second kappa shape index (κ2) is 8.91. The monoisotopic (exact) mass is 385 g/mol.